The lowest BCUT2D eigenvalue weighted by atomic mass is 10.1. The number of para-hydroxylation sites is 1. The Morgan fingerprint density at radius 3 is 2.38 bits per heavy atom. The molecular weight excluding hydrogens is 212 g/mol. The molecule has 0 amide bonds. The molecule has 1 rings (SSSR count). The van der Waals surface area contributed by atoms with Gasteiger partial charge in [-0.2, -0.15) is 0 Å². The van der Waals surface area contributed by atoms with Gasteiger partial charge in [0.1, 0.15) is 5.56 Å². The first-order valence-corrected chi connectivity index (χ1v) is 4.29. The normalized spacial score (nSPS) is 10.9. The Balaban J connectivity index is 3.41. The van der Waals surface area contributed by atoms with Gasteiger partial charge in [-0.1, -0.05) is 24.8 Å². The maximum atomic E-state index is 10.7. The standard InChI is InChI=1S/C10H8N2O4/c1-2-5-9(11(13)14)8-6-3-4-7-10(8)12(15)16/h2-7H,1H2/b9-5+. The summed E-state index contributed by atoms with van der Waals surface area (Å²) in [6.45, 7) is 3.33. The lowest BCUT2D eigenvalue weighted by molar-refractivity contribution is -0.391. The quantitative estimate of drug-likeness (QED) is 0.442. The zero-order chi connectivity index (χ0) is 12.1. The van der Waals surface area contributed by atoms with E-state index in [2.05, 4.69) is 6.58 Å². The first-order valence-electron chi connectivity index (χ1n) is 4.29. The van der Waals surface area contributed by atoms with Gasteiger partial charge in [0, 0.05) is 12.1 Å². The molecule has 16 heavy (non-hydrogen) atoms. The Morgan fingerprint density at radius 1 is 1.25 bits per heavy atom. The van der Waals surface area contributed by atoms with Crippen LogP contribution in [0.1, 0.15) is 5.56 Å². The molecular formula is C10H8N2O4. The fourth-order valence-corrected chi connectivity index (χ4v) is 1.21. The van der Waals surface area contributed by atoms with Crippen LogP contribution >= 0.6 is 0 Å². The van der Waals surface area contributed by atoms with Gasteiger partial charge in [0.2, 0.25) is 0 Å². The molecule has 0 aromatic heterocycles. The van der Waals surface area contributed by atoms with Crippen molar-refractivity contribution in [3.63, 3.8) is 0 Å². The SMILES string of the molecule is C=C/C=C(\c1ccccc1[N+](=O)[O-])[N+](=O)[O-]. The molecule has 0 aliphatic rings. The number of hydrogen-bond acceptors (Lipinski definition) is 4. The first-order chi connectivity index (χ1) is 7.57. The number of nitrogens with zero attached hydrogens (tertiary/aromatic N) is 2. The van der Waals surface area contributed by atoms with Crippen molar-refractivity contribution < 1.29 is 9.85 Å². The third-order valence-corrected chi connectivity index (χ3v) is 1.85. The molecule has 0 atom stereocenters. The van der Waals surface area contributed by atoms with E-state index in [4.69, 9.17) is 0 Å². The summed E-state index contributed by atoms with van der Waals surface area (Å²) < 4.78 is 0. The first kappa shape index (κ1) is 11.6. The molecule has 0 aliphatic carbocycles. The van der Waals surface area contributed by atoms with E-state index in [0.717, 1.165) is 6.08 Å². The van der Waals surface area contributed by atoms with E-state index in [1.807, 2.05) is 0 Å². The zero-order valence-corrected chi connectivity index (χ0v) is 8.20. The van der Waals surface area contributed by atoms with E-state index in [-0.39, 0.29) is 16.9 Å². The Kier molecular flexibility index (Phi) is 3.49. The number of nitro groups is 2. The summed E-state index contributed by atoms with van der Waals surface area (Å²) in [5.74, 6) is 0. The number of nitro benzene ring substituents is 1. The molecule has 6 heteroatoms. The summed E-state index contributed by atoms with van der Waals surface area (Å²) in [6.07, 6.45) is 2.34. The molecule has 0 fully saturated rings. The van der Waals surface area contributed by atoms with Crippen LogP contribution in [0.5, 0.6) is 0 Å². The van der Waals surface area contributed by atoms with Crippen LogP contribution in [0.15, 0.2) is 43.0 Å². The number of allylic oxidation sites excluding steroid dienone is 2. The van der Waals surface area contributed by atoms with Crippen LogP contribution in [-0.2, 0) is 0 Å². The lowest BCUT2D eigenvalue weighted by Gasteiger charge is -1.99. The van der Waals surface area contributed by atoms with Gasteiger partial charge in [-0.3, -0.25) is 20.2 Å². The molecule has 1 aromatic rings. The highest BCUT2D eigenvalue weighted by molar-refractivity contribution is 5.68. The van der Waals surface area contributed by atoms with E-state index in [1.54, 1.807) is 0 Å². The van der Waals surface area contributed by atoms with Crippen LogP contribution < -0.4 is 0 Å². The number of benzene rings is 1. The van der Waals surface area contributed by atoms with Crippen molar-refractivity contribution in [1.82, 2.24) is 0 Å². The van der Waals surface area contributed by atoms with E-state index in [9.17, 15) is 20.2 Å². The Bertz CT molecular complexity index is 479. The molecule has 0 N–H and O–H groups in total. The van der Waals surface area contributed by atoms with Crippen molar-refractivity contribution in [1.29, 1.82) is 0 Å². The molecule has 6 nitrogen and oxygen atoms in total. The van der Waals surface area contributed by atoms with Crippen molar-refractivity contribution in [3.05, 3.63) is 68.8 Å². The average molecular weight is 220 g/mol. The van der Waals surface area contributed by atoms with Gasteiger partial charge in [-0.05, 0) is 6.07 Å². The molecule has 0 spiro atoms. The third kappa shape index (κ3) is 2.30. The summed E-state index contributed by atoms with van der Waals surface area (Å²) in [5, 5.41) is 21.4. The van der Waals surface area contributed by atoms with Crippen molar-refractivity contribution in [2.45, 2.75) is 0 Å². The second-order valence-corrected chi connectivity index (χ2v) is 2.82. The smallest absolute Gasteiger partial charge is 0.258 e. The second kappa shape index (κ2) is 4.83. The Morgan fingerprint density at radius 2 is 1.88 bits per heavy atom. The molecule has 0 bridgehead atoms. The Hall–Kier alpha value is -2.50. The lowest BCUT2D eigenvalue weighted by Crippen LogP contribution is -2.01. The summed E-state index contributed by atoms with van der Waals surface area (Å²) in [4.78, 5) is 20.1. The summed E-state index contributed by atoms with van der Waals surface area (Å²) >= 11 is 0. The number of rotatable bonds is 4. The molecule has 0 unspecified atom stereocenters. The van der Waals surface area contributed by atoms with E-state index < -0.39 is 9.85 Å². The molecule has 0 radical (unpaired) electrons. The van der Waals surface area contributed by atoms with Gasteiger partial charge >= 0.3 is 0 Å². The molecule has 0 saturated heterocycles. The minimum absolute atomic E-state index is 0.0302. The highest BCUT2D eigenvalue weighted by Crippen LogP contribution is 2.25. The minimum Gasteiger partial charge on any atom is -0.258 e. The van der Waals surface area contributed by atoms with Crippen LogP contribution in [0.25, 0.3) is 5.70 Å². The Labute approximate surface area is 90.8 Å². The van der Waals surface area contributed by atoms with E-state index in [0.29, 0.717) is 0 Å². The molecule has 1 aromatic carbocycles. The van der Waals surface area contributed by atoms with Crippen LogP contribution in [0, 0.1) is 20.2 Å². The fourth-order valence-electron chi connectivity index (χ4n) is 1.21. The van der Waals surface area contributed by atoms with E-state index >= 15 is 0 Å². The van der Waals surface area contributed by atoms with Gasteiger partial charge in [0.25, 0.3) is 11.4 Å². The topological polar surface area (TPSA) is 86.3 Å². The van der Waals surface area contributed by atoms with Gasteiger partial charge in [-0.25, -0.2) is 0 Å². The van der Waals surface area contributed by atoms with Crippen molar-refractivity contribution in [2.75, 3.05) is 0 Å². The predicted octanol–water partition coefficient (Wildman–Crippen LogP) is 2.40. The molecule has 0 saturated carbocycles. The predicted molar refractivity (Wildman–Crippen MR) is 58.3 cm³/mol. The monoisotopic (exact) mass is 220 g/mol. The zero-order valence-electron chi connectivity index (χ0n) is 8.20. The summed E-state index contributed by atoms with van der Waals surface area (Å²) in [7, 11) is 0. The van der Waals surface area contributed by atoms with Crippen molar-refractivity contribution in [3.8, 4) is 0 Å². The van der Waals surface area contributed by atoms with Gasteiger partial charge in [0.15, 0.2) is 0 Å². The molecule has 0 aliphatic heterocycles. The van der Waals surface area contributed by atoms with Gasteiger partial charge in [-0.15, -0.1) is 0 Å². The van der Waals surface area contributed by atoms with Crippen LogP contribution in [0.2, 0.25) is 0 Å². The van der Waals surface area contributed by atoms with Gasteiger partial charge in [0.05, 0.1) is 9.85 Å². The van der Waals surface area contributed by atoms with Crippen molar-refractivity contribution >= 4 is 11.4 Å². The van der Waals surface area contributed by atoms with E-state index in [1.165, 1.54) is 30.3 Å². The maximum Gasteiger partial charge on any atom is 0.283 e. The van der Waals surface area contributed by atoms with Crippen molar-refractivity contribution in [2.24, 2.45) is 0 Å². The summed E-state index contributed by atoms with van der Waals surface area (Å²) in [5.41, 5.74) is -0.674. The number of hydrogen-bond donors (Lipinski definition) is 0. The largest absolute Gasteiger partial charge is 0.283 e. The molecule has 0 heterocycles. The third-order valence-electron chi connectivity index (χ3n) is 1.85. The van der Waals surface area contributed by atoms with Crippen LogP contribution in [-0.4, -0.2) is 9.85 Å². The fraction of sp³-hybridized carbons (Fsp3) is 0. The molecule has 82 valence electrons. The van der Waals surface area contributed by atoms with Crippen LogP contribution in [0.3, 0.4) is 0 Å². The highest BCUT2D eigenvalue weighted by Gasteiger charge is 2.23. The van der Waals surface area contributed by atoms with Gasteiger partial charge < -0.3 is 0 Å². The summed E-state index contributed by atoms with van der Waals surface area (Å²) in [6, 6.07) is 5.50. The minimum atomic E-state index is -0.677. The maximum absolute atomic E-state index is 10.7. The average Bonchev–Trinajstić information content (AvgIpc) is 2.25. The highest BCUT2D eigenvalue weighted by atomic mass is 16.6. The van der Waals surface area contributed by atoms with Crippen LogP contribution in [0.4, 0.5) is 5.69 Å². The second-order valence-electron chi connectivity index (χ2n) is 2.82.